The van der Waals surface area contributed by atoms with Crippen molar-refractivity contribution in [2.24, 2.45) is 5.92 Å². The standard InChI is InChI=1S/C10H19O/c1-9(2)8-11-10-6-4-3-5-7-10/h8-10H,3-7H2,1-2H3. The molecule has 1 rings (SSSR count). The highest BCUT2D eigenvalue weighted by Crippen LogP contribution is 2.21. The first-order valence-electron chi connectivity index (χ1n) is 4.78. The molecule has 0 amide bonds. The van der Waals surface area contributed by atoms with Gasteiger partial charge in [0.15, 0.2) is 0 Å². The van der Waals surface area contributed by atoms with Gasteiger partial charge in [0.25, 0.3) is 0 Å². The molecule has 1 heteroatoms. The largest absolute Gasteiger partial charge is 0.372 e. The van der Waals surface area contributed by atoms with Gasteiger partial charge < -0.3 is 4.74 Å². The summed E-state index contributed by atoms with van der Waals surface area (Å²) in [6, 6.07) is 0. The van der Waals surface area contributed by atoms with E-state index < -0.39 is 0 Å². The molecule has 0 aromatic heterocycles. The first-order valence-corrected chi connectivity index (χ1v) is 4.78. The molecule has 0 aromatic carbocycles. The molecule has 1 aliphatic rings. The molecule has 0 spiro atoms. The third kappa shape index (κ3) is 3.76. The molecular weight excluding hydrogens is 136 g/mol. The summed E-state index contributed by atoms with van der Waals surface area (Å²) >= 11 is 0. The average molecular weight is 155 g/mol. The monoisotopic (exact) mass is 155 g/mol. The van der Waals surface area contributed by atoms with E-state index >= 15 is 0 Å². The van der Waals surface area contributed by atoms with Crippen LogP contribution in [-0.4, -0.2) is 6.10 Å². The summed E-state index contributed by atoms with van der Waals surface area (Å²) < 4.78 is 5.62. The van der Waals surface area contributed by atoms with Gasteiger partial charge in [-0.15, -0.1) is 0 Å². The summed E-state index contributed by atoms with van der Waals surface area (Å²) in [5.41, 5.74) is 0. The fourth-order valence-electron chi connectivity index (χ4n) is 1.47. The molecule has 1 fully saturated rings. The van der Waals surface area contributed by atoms with Gasteiger partial charge in [-0.05, 0) is 18.8 Å². The van der Waals surface area contributed by atoms with E-state index in [0.717, 1.165) is 0 Å². The highest BCUT2D eigenvalue weighted by atomic mass is 16.5. The van der Waals surface area contributed by atoms with Crippen molar-refractivity contribution < 1.29 is 4.74 Å². The minimum absolute atomic E-state index is 0.533. The summed E-state index contributed by atoms with van der Waals surface area (Å²) in [5, 5.41) is 0. The van der Waals surface area contributed by atoms with E-state index in [0.29, 0.717) is 12.0 Å². The van der Waals surface area contributed by atoms with Crippen LogP contribution in [0, 0.1) is 12.5 Å². The Kier molecular flexibility index (Phi) is 3.92. The minimum atomic E-state index is 0.533. The summed E-state index contributed by atoms with van der Waals surface area (Å²) in [4.78, 5) is 0. The first-order chi connectivity index (χ1) is 5.29. The van der Waals surface area contributed by atoms with Crippen LogP contribution in [0.4, 0.5) is 0 Å². The SMILES string of the molecule is CC(C)[CH]OC1CCCCC1. The molecule has 1 nitrogen and oxygen atoms in total. The lowest BCUT2D eigenvalue weighted by molar-refractivity contribution is 0.0594. The number of hydrogen-bond donors (Lipinski definition) is 0. The predicted octanol–water partition coefficient (Wildman–Crippen LogP) is 3.15. The number of ether oxygens (including phenoxy) is 1. The van der Waals surface area contributed by atoms with E-state index in [-0.39, 0.29) is 0 Å². The maximum Gasteiger partial charge on any atom is 0.0865 e. The van der Waals surface area contributed by atoms with Gasteiger partial charge in [-0.3, -0.25) is 0 Å². The summed E-state index contributed by atoms with van der Waals surface area (Å²) in [5.74, 6) is 0.567. The van der Waals surface area contributed by atoms with Crippen LogP contribution in [0.2, 0.25) is 0 Å². The maximum atomic E-state index is 5.62. The quantitative estimate of drug-likeness (QED) is 0.608. The first kappa shape index (κ1) is 9.05. The highest BCUT2D eigenvalue weighted by Gasteiger charge is 2.13. The van der Waals surface area contributed by atoms with Crippen LogP contribution in [0.15, 0.2) is 0 Å². The zero-order valence-corrected chi connectivity index (χ0v) is 7.68. The number of hydrogen-bond acceptors (Lipinski definition) is 1. The third-order valence-electron chi connectivity index (χ3n) is 2.10. The van der Waals surface area contributed by atoms with Crippen molar-refractivity contribution in [2.45, 2.75) is 52.1 Å². The van der Waals surface area contributed by atoms with Gasteiger partial charge in [-0.25, -0.2) is 0 Å². The van der Waals surface area contributed by atoms with Crippen LogP contribution in [0.1, 0.15) is 46.0 Å². The molecule has 0 bridgehead atoms. The van der Waals surface area contributed by atoms with Gasteiger partial charge in [0.1, 0.15) is 0 Å². The average Bonchev–Trinajstić information content (AvgIpc) is 2.03. The Bertz CT molecular complexity index is 93.0. The molecule has 0 N–H and O–H groups in total. The third-order valence-corrected chi connectivity index (χ3v) is 2.10. The normalized spacial score (nSPS) is 21.0. The van der Waals surface area contributed by atoms with E-state index in [1.165, 1.54) is 32.1 Å². The van der Waals surface area contributed by atoms with Crippen molar-refractivity contribution in [3.8, 4) is 0 Å². The minimum Gasteiger partial charge on any atom is -0.372 e. The smallest absolute Gasteiger partial charge is 0.0865 e. The number of rotatable bonds is 3. The Morgan fingerprint density at radius 3 is 2.36 bits per heavy atom. The molecule has 0 aliphatic heterocycles. The Morgan fingerprint density at radius 2 is 1.82 bits per heavy atom. The van der Waals surface area contributed by atoms with Crippen molar-refractivity contribution >= 4 is 0 Å². The van der Waals surface area contributed by atoms with E-state index in [1.807, 2.05) is 6.61 Å². The van der Waals surface area contributed by atoms with Gasteiger partial charge in [0.2, 0.25) is 0 Å². The predicted molar refractivity (Wildman–Crippen MR) is 47.1 cm³/mol. The molecule has 1 radical (unpaired) electrons. The summed E-state index contributed by atoms with van der Waals surface area (Å²) in [6.45, 7) is 6.29. The maximum absolute atomic E-state index is 5.62. The van der Waals surface area contributed by atoms with Crippen LogP contribution < -0.4 is 0 Å². The van der Waals surface area contributed by atoms with Gasteiger partial charge in [0, 0.05) is 0 Å². The second-order valence-corrected chi connectivity index (χ2v) is 3.78. The summed E-state index contributed by atoms with van der Waals surface area (Å²) in [6.07, 6.45) is 7.19. The van der Waals surface area contributed by atoms with Crippen molar-refractivity contribution in [1.82, 2.24) is 0 Å². The summed E-state index contributed by atoms with van der Waals surface area (Å²) in [7, 11) is 0. The van der Waals surface area contributed by atoms with Gasteiger partial charge in [-0.1, -0.05) is 33.1 Å². The molecule has 0 unspecified atom stereocenters. The molecule has 1 saturated carbocycles. The second-order valence-electron chi connectivity index (χ2n) is 3.78. The van der Waals surface area contributed by atoms with Crippen LogP contribution in [0.3, 0.4) is 0 Å². The van der Waals surface area contributed by atoms with Crippen molar-refractivity contribution in [2.75, 3.05) is 0 Å². The fourth-order valence-corrected chi connectivity index (χ4v) is 1.47. The van der Waals surface area contributed by atoms with E-state index in [9.17, 15) is 0 Å². The van der Waals surface area contributed by atoms with Crippen molar-refractivity contribution in [3.63, 3.8) is 0 Å². The molecule has 1 aliphatic carbocycles. The van der Waals surface area contributed by atoms with E-state index in [4.69, 9.17) is 4.74 Å². The lowest BCUT2D eigenvalue weighted by Crippen LogP contribution is -2.16. The second kappa shape index (κ2) is 4.76. The van der Waals surface area contributed by atoms with Crippen molar-refractivity contribution in [1.29, 1.82) is 0 Å². The molecule has 11 heavy (non-hydrogen) atoms. The molecule has 0 heterocycles. The van der Waals surface area contributed by atoms with Gasteiger partial charge in [0.05, 0.1) is 12.7 Å². The zero-order chi connectivity index (χ0) is 8.10. The molecule has 0 saturated heterocycles. The lowest BCUT2D eigenvalue weighted by Gasteiger charge is -2.22. The van der Waals surface area contributed by atoms with E-state index in [2.05, 4.69) is 13.8 Å². The molecular formula is C10H19O. The van der Waals surface area contributed by atoms with Gasteiger partial charge >= 0.3 is 0 Å². The highest BCUT2D eigenvalue weighted by molar-refractivity contribution is 4.68. The molecule has 65 valence electrons. The molecule has 0 atom stereocenters. The Labute approximate surface area is 70.1 Å². The van der Waals surface area contributed by atoms with E-state index in [1.54, 1.807) is 0 Å². The Morgan fingerprint density at radius 1 is 1.18 bits per heavy atom. The van der Waals surface area contributed by atoms with Crippen molar-refractivity contribution in [3.05, 3.63) is 6.61 Å². The van der Waals surface area contributed by atoms with Crippen LogP contribution in [0.5, 0.6) is 0 Å². The Balaban J connectivity index is 2.05. The van der Waals surface area contributed by atoms with Crippen LogP contribution >= 0.6 is 0 Å². The topological polar surface area (TPSA) is 9.23 Å². The lowest BCUT2D eigenvalue weighted by atomic mass is 9.98. The fraction of sp³-hybridized carbons (Fsp3) is 0.900. The Hall–Kier alpha value is -0.0400. The van der Waals surface area contributed by atoms with Gasteiger partial charge in [-0.2, -0.15) is 0 Å². The van der Waals surface area contributed by atoms with Crippen LogP contribution in [0.25, 0.3) is 0 Å². The van der Waals surface area contributed by atoms with Crippen LogP contribution in [-0.2, 0) is 4.74 Å². The zero-order valence-electron chi connectivity index (χ0n) is 7.68. The molecule has 0 aromatic rings.